The molecule has 0 aromatic carbocycles. The fourth-order valence-electron chi connectivity index (χ4n) is 2.96. The predicted molar refractivity (Wildman–Crippen MR) is 83.3 cm³/mol. The van der Waals surface area contributed by atoms with Crippen molar-refractivity contribution >= 4 is 5.91 Å². The van der Waals surface area contributed by atoms with Gasteiger partial charge in [0, 0.05) is 25.0 Å². The van der Waals surface area contributed by atoms with Gasteiger partial charge < -0.3 is 14.1 Å². The average molecular weight is 314 g/mol. The first-order valence-electron chi connectivity index (χ1n) is 7.48. The van der Waals surface area contributed by atoms with E-state index in [9.17, 15) is 9.59 Å². The van der Waals surface area contributed by atoms with Crippen LogP contribution in [-0.4, -0.2) is 29.4 Å². The second-order valence-electron chi connectivity index (χ2n) is 5.78. The minimum absolute atomic E-state index is 0.0267. The van der Waals surface area contributed by atoms with Crippen LogP contribution in [0.1, 0.15) is 35.5 Å². The van der Waals surface area contributed by atoms with E-state index in [-0.39, 0.29) is 28.9 Å². The lowest BCUT2D eigenvalue weighted by molar-refractivity contribution is 0.0696. The fourth-order valence-corrected chi connectivity index (χ4v) is 2.96. The number of hydrogen-bond acceptors (Lipinski definition) is 5. The Bertz CT molecular complexity index is 757. The monoisotopic (exact) mass is 314 g/mol. The normalized spacial score (nSPS) is 20.5. The minimum atomic E-state index is -0.368. The number of ether oxygens (including phenoxy) is 1. The van der Waals surface area contributed by atoms with Crippen molar-refractivity contribution in [3.8, 4) is 5.75 Å². The molecule has 120 valence electrons. The van der Waals surface area contributed by atoms with Gasteiger partial charge in [-0.3, -0.25) is 14.6 Å². The molecule has 0 saturated carbocycles. The van der Waals surface area contributed by atoms with Crippen LogP contribution in [0.5, 0.6) is 5.75 Å². The predicted octanol–water partition coefficient (Wildman–Crippen LogP) is 2.27. The van der Waals surface area contributed by atoms with Gasteiger partial charge in [0.25, 0.3) is 5.91 Å². The Balaban J connectivity index is 1.91. The van der Waals surface area contributed by atoms with Crippen LogP contribution < -0.4 is 10.2 Å². The Hall–Kier alpha value is -2.63. The second-order valence-corrected chi connectivity index (χ2v) is 5.78. The molecule has 2 aromatic heterocycles. The molecule has 1 amide bonds. The van der Waals surface area contributed by atoms with Crippen molar-refractivity contribution in [1.82, 2.24) is 9.88 Å². The molecule has 1 fully saturated rings. The third kappa shape index (κ3) is 2.97. The summed E-state index contributed by atoms with van der Waals surface area (Å²) in [5, 5.41) is 0. The molecule has 0 spiro atoms. The van der Waals surface area contributed by atoms with Gasteiger partial charge in [-0.25, -0.2) is 0 Å². The van der Waals surface area contributed by atoms with Crippen LogP contribution in [-0.2, 0) is 0 Å². The molecule has 0 radical (unpaired) electrons. The highest BCUT2D eigenvalue weighted by molar-refractivity contribution is 5.92. The highest BCUT2D eigenvalue weighted by Crippen LogP contribution is 2.35. The van der Waals surface area contributed by atoms with Crippen molar-refractivity contribution in [2.45, 2.75) is 19.4 Å². The van der Waals surface area contributed by atoms with E-state index < -0.39 is 0 Å². The highest BCUT2D eigenvalue weighted by atomic mass is 16.5. The molecule has 6 nitrogen and oxygen atoms in total. The third-order valence-corrected chi connectivity index (χ3v) is 4.07. The Morgan fingerprint density at radius 3 is 2.96 bits per heavy atom. The third-order valence-electron chi connectivity index (χ3n) is 4.07. The first-order chi connectivity index (χ1) is 11.1. The molecular weight excluding hydrogens is 296 g/mol. The summed E-state index contributed by atoms with van der Waals surface area (Å²) in [4.78, 5) is 30.5. The standard InChI is InChI=1S/C17H18N2O4/c1-11-6-13(12-4-3-5-18-8-12)19(9-11)17(21)15-7-14(20)16(22-2)10-23-15/h3-5,7-8,10-11,13H,6,9H2,1-2H3/t11-,13+/m0/s1. The van der Waals surface area contributed by atoms with Crippen LogP contribution in [0.2, 0.25) is 0 Å². The quantitative estimate of drug-likeness (QED) is 0.869. The van der Waals surface area contributed by atoms with Crippen molar-refractivity contribution in [3.63, 3.8) is 0 Å². The molecular formula is C17H18N2O4. The number of amides is 1. The van der Waals surface area contributed by atoms with Crippen LogP contribution in [0.4, 0.5) is 0 Å². The number of nitrogens with zero attached hydrogens (tertiary/aromatic N) is 2. The van der Waals surface area contributed by atoms with Gasteiger partial charge in [0.2, 0.25) is 11.2 Å². The first kappa shape index (κ1) is 15.3. The zero-order valence-corrected chi connectivity index (χ0v) is 13.1. The van der Waals surface area contributed by atoms with Gasteiger partial charge in [-0.15, -0.1) is 0 Å². The van der Waals surface area contributed by atoms with Gasteiger partial charge in [0.15, 0.2) is 5.76 Å². The maximum absolute atomic E-state index is 12.8. The zero-order chi connectivity index (χ0) is 16.4. The van der Waals surface area contributed by atoms with Crippen LogP contribution >= 0.6 is 0 Å². The van der Waals surface area contributed by atoms with Gasteiger partial charge >= 0.3 is 0 Å². The first-order valence-corrected chi connectivity index (χ1v) is 7.48. The van der Waals surface area contributed by atoms with E-state index in [4.69, 9.17) is 9.15 Å². The number of carbonyl (C=O) groups is 1. The molecule has 23 heavy (non-hydrogen) atoms. The molecule has 1 saturated heterocycles. The van der Waals surface area contributed by atoms with Crippen LogP contribution in [0.15, 0.2) is 46.1 Å². The minimum Gasteiger partial charge on any atom is -0.490 e. The van der Waals surface area contributed by atoms with Gasteiger partial charge in [-0.2, -0.15) is 0 Å². The van der Waals surface area contributed by atoms with Crippen LogP contribution in [0, 0.1) is 5.92 Å². The summed E-state index contributed by atoms with van der Waals surface area (Å²) >= 11 is 0. The Kier molecular flexibility index (Phi) is 4.14. The molecule has 0 bridgehead atoms. The molecule has 2 atom stereocenters. The number of rotatable bonds is 3. The topological polar surface area (TPSA) is 72.6 Å². The molecule has 3 heterocycles. The van der Waals surface area contributed by atoms with Gasteiger partial charge in [0.1, 0.15) is 6.26 Å². The smallest absolute Gasteiger partial charge is 0.290 e. The molecule has 0 aliphatic carbocycles. The van der Waals surface area contributed by atoms with Crippen molar-refractivity contribution < 1.29 is 13.9 Å². The maximum atomic E-state index is 12.8. The fraction of sp³-hybridized carbons (Fsp3) is 0.353. The zero-order valence-electron chi connectivity index (χ0n) is 13.1. The Morgan fingerprint density at radius 1 is 1.48 bits per heavy atom. The Morgan fingerprint density at radius 2 is 2.30 bits per heavy atom. The summed E-state index contributed by atoms with van der Waals surface area (Å²) in [5.41, 5.74) is 0.619. The number of hydrogen-bond donors (Lipinski definition) is 0. The summed E-state index contributed by atoms with van der Waals surface area (Å²) in [5.74, 6) is 0.191. The van der Waals surface area contributed by atoms with Crippen LogP contribution in [0.25, 0.3) is 0 Å². The number of carbonyl (C=O) groups excluding carboxylic acids is 1. The lowest BCUT2D eigenvalue weighted by atomic mass is 10.0. The molecule has 2 aromatic rings. The SMILES string of the molecule is COc1coc(C(=O)N2C[C@@H](C)C[C@@H]2c2cccnc2)cc1=O. The molecule has 1 aliphatic rings. The molecule has 6 heteroatoms. The number of methoxy groups -OCH3 is 1. The summed E-state index contributed by atoms with van der Waals surface area (Å²) in [6.07, 6.45) is 5.51. The van der Waals surface area contributed by atoms with E-state index in [2.05, 4.69) is 11.9 Å². The van der Waals surface area contributed by atoms with Crippen molar-refractivity contribution in [3.05, 3.63) is 58.4 Å². The van der Waals surface area contributed by atoms with E-state index in [1.165, 1.54) is 19.4 Å². The van der Waals surface area contributed by atoms with E-state index in [0.29, 0.717) is 12.5 Å². The molecule has 1 aliphatic heterocycles. The summed E-state index contributed by atoms with van der Waals surface area (Å²) < 4.78 is 10.2. The second kappa shape index (κ2) is 6.24. The summed E-state index contributed by atoms with van der Waals surface area (Å²) in [7, 11) is 1.38. The van der Waals surface area contributed by atoms with E-state index in [0.717, 1.165) is 12.0 Å². The summed E-state index contributed by atoms with van der Waals surface area (Å²) in [6, 6.07) is 4.94. The maximum Gasteiger partial charge on any atom is 0.290 e. The van der Waals surface area contributed by atoms with E-state index in [1.54, 1.807) is 17.3 Å². The molecule has 0 unspecified atom stereocenters. The highest BCUT2D eigenvalue weighted by Gasteiger charge is 2.35. The number of likely N-dealkylation sites (tertiary alicyclic amines) is 1. The Labute approximate surface area is 133 Å². The van der Waals surface area contributed by atoms with E-state index in [1.807, 2.05) is 12.1 Å². The summed E-state index contributed by atoms with van der Waals surface area (Å²) in [6.45, 7) is 2.72. The van der Waals surface area contributed by atoms with Crippen molar-refractivity contribution in [1.29, 1.82) is 0 Å². The van der Waals surface area contributed by atoms with Gasteiger partial charge in [-0.1, -0.05) is 13.0 Å². The molecule has 0 N–H and O–H groups in total. The average Bonchev–Trinajstić information content (AvgIpc) is 2.96. The number of aromatic nitrogens is 1. The lowest BCUT2D eigenvalue weighted by Gasteiger charge is -2.24. The van der Waals surface area contributed by atoms with Gasteiger partial charge in [0.05, 0.1) is 13.2 Å². The van der Waals surface area contributed by atoms with Gasteiger partial charge in [-0.05, 0) is 24.0 Å². The van der Waals surface area contributed by atoms with Crippen molar-refractivity contribution in [2.24, 2.45) is 5.92 Å². The van der Waals surface area contributed by atoms with E-state index >= 15 is 0 Å². The molecule has 3 rings (SSSR count). The lowest BCUT2D eigenvalue weighted by Crippen LogP contribution is -2.31. The van der Waals surface area contributed by atoms with Crippen LogP contribution in [0.3, 0.4) is 0 Å². The van der Waals surface area contributed by atoms with Crippen molar-refractivity contribution in [2.75, 3.05) is 13.7 Å². The number of pyridine rings is 1. The largest absolute Gasteiger partial charge is 0.490 e.